The van der Waals surface area contributed by atoms with Crippen molar-refractivity contribution in [2.75, 3.05) is 18.0 Å². The van der Waals surface area contributed by atoms with Crippen molar-refractivity contribution in [3.05, 3.63) is 33.9 Å². The zero-order chi connectivity index (χ0) is 13.7. The number of aromatic carboxylic acids is 1. The van der Waals surface area contributed by atoms with E-state index in [4.69, 9.17) is 5.11 Å². The molecule has 0 saturated heterocycles. The van der Waals surface area contributed by atoms with Crippen LogP contribution in [0.25, 0.3) is 0 Å². The van der Waals surface area contributed by atoms with Crippen LogP contribution in [0.2, 0.25) is 0 Å². The Kier molecular flexibility index (Phi) is 4.65. The first kappa shape index (κ1) is 14.0. The second-order valence-electron chi connectivity index (χ2n) is 3.85. The first-order valence-corrected chi connectivity index (χ1v) is 5.77. The van der Waals surface area contributed by atoms with Crippen molar-refractivity contribution < 1.29 is 14.8 Å². The van der Waals surface area contributed by atoms with Crippen molar-refractivity contribution in [2.45, 2.75) is 20.3 Å². The van der Waals surface area contributed by atoms with Gasteiger partial charge in [0.05, 0.1) is 10.5 Å². The van der Waals surface area contributed by atoms with Gasteiger partial charge in [-0.2, -0.15) is 0 Å². The number of carboxylic acid groups (broad SMARTS) is 1. The van der Waals surface area contributed by atoms with Crippen LogP contribution in [0.4, 0.5) is 11.4 Å². The Morgan fingerprint density at radius 3 is 2.56 bits per heavy atom. The molecule has 0 aliphatic rings. The summed E-state index contributed by atoms with van der Waals surface area (Å²) in [5.41, 5.74) is 0.234. The largest absolute Gasteiger partial charge is 0.478 e. The Hall–Kier alpha value is -2.11. The van der Waals surface area contributed by atoms with Crippen molar-refractivity contribution in [3.8, 4) is 0 Å². The number of carbonyl (C=O) groups is 1. The number of carboxylic acids is 1. The average molecular weight is 252 g/mol. The van der Waals surface area contributed by atoms with E-state index >= 15 is 0 Å². The fraction of sp³-hybridized carbons (Fsp3) is 0.417. The van der Waals surface area contributed by atoms with Gasteiger partial charge in [-0.1, -0.05) is 6.92 Å². The zero-order valence-corrected chi connectivity index (χ0v) is 10.4. The summed E-state index contributed by atoms with van der Waals surface area (Å²) in [6.45, 7) is 5.23. The first-order valence-electron chi connectivity index (χ1n) is 5.77. The molecule has 1 rings (SSSR count). The minimum atomic E-state index is -1.16. The third-order valence-electron chi connectivity index (χ3n) is 2.63. The molecule has 0 heterocycles. The van der Waals surface area contributed by atoms with Crippen molar-refractivity contribution in [1.29, 1.82) is 0 Å². The lowest BCUT2D eigenvalue weighted by molar-refractivity contribution is -0.384. The molecule has 6 nitrogen and oxygen atoms in total. The molecule has 1 aromatic carbocycles. The second-order valence-corrected chi connectivity index (χ2v) is 3.85. The van der Waals surface area contributed by atoms with E-state index in [0.29, 0.717) is 18.8 Å². The molecule has 0 fully saturated rings. The van der Waals surface area contributed by atoms with Gasteiger partial charge >= 0.3 is 5.97 Å². The molecule has 0 radical (unpaired) electrons. The normalized spacial score (nSPS) is 10.1. The van der Waals surface area contributed by atoms with Gasteiger partial charge in [0.15, 0.2) is 0 Å². The van der Waals surface area contributed by atoms with Gasteiger partial charge in [0.1, 0.15) is 5.69 Å². The molecule has 6 heteroatoms. The standard InChI is InChI=1S/C12H16N2O4/c1-3-7-13(4-2)10-6-5-9(12(15)16)8-11(10)14(17)18/h5-6,8H,3-4,7H2,1-2H3,(H,15,16). The molecule has 98 valence electrons. The van der Waals surface area contributed by atoms with Crippen molar-refractivity contribution in [3.63, 3.8) is 0 Å². The number of hydrogen-bond donors (Lipinski definition) is 1. The molecule has 0 aromatic heterocycles. The van der Waals surface area contributed by atoms with Crippen LogP contribution in [-0.4, -0.2) is 29.1 Å². The maximum absolute atomic E-state index is 11.0. The lowest BCUT2D eigenvalue weighted by atomic mass is 10.1. The summed E-state index contributed by atoms with van der Waals surface area (Å²) in [5, 5.41) is 19.9. The van der Waals surface area contributed by atoms with E-state index in [0.717, 1.165) is 12.5 Å². The lowest BCUT2D eigenvalue weighted by Crippen LogP contribution is -2.24. The van der Waals surface area contributed by atoms with Crippen molar-refractivity contribution in [2.24, 2.45) is 0 Å². The Morgan fingerprint density at radius 1 is 1.44 bits per heavy atom. The van der Waals surface area contributed by atoms with Gasteiger partial charge in [0, 0.05) is 19.2 Å². The summed E-state index contributed by atoms with van der Waals surface area (Å²) in [6, 6.07) is 4.00. The van der Waals surface area contributed by atoms with E-state index < -0.39 is 10.9 Å². The third kappa shape index (κ3) is 2.97. The monoisotopic (exact) mass is 252 g/mol. The topological polar surface area (TPSA) is 83.7 Å². The van der Waals surface area contributed by atoms with Gasteiger partial charge < -0.3 is 10.0 Å². The van der Waals surface area contributed by atoms with E-state index in [1.165, 1.54) is 12.1 Å². The summed E-state index contributed by atoms with van der Waals surface area (Å²) in [5.74, 6) is -1.16. The summed E-state index contributed by atoms with van der Waals surface area (Å²) in [6.07, 6.45) is 0.867. The van der Waals surface area contributed by atoms with E-state index in [1.807, 2.05) is 18.7 Å². The fourth-order valence-corrected chi connectivity index (χ4v) is 1.79. The summed E-state index contributed by atoms with van der Waals surface area (Å²) < 4.78 is 0. The van der Waals surface area contributed by atoms with Crippen LogP contribution in [0.15, 0.2) is 18.2 Å². The smallest absolute Gasteiger partial charge is 0.335 e. The molecule has 0 unspecified atom stereocenters. The summed E-state index contributed by atoms with van der Waals surface area (Å²) in [4.78, 5) is 23.1. The number of nitrogens with zero attached hydrogens (tertiary/aromatic N) is 2. The molecule has 0 saturated carbocycles. The maximum atomic E-state index is 11.0. The van der Waals surface area contributed by atoms with Crippen LogP contribution in [0.3, 0.4) is 0 Å². The number of nitro benzene ring substituents is 1. The second kappa shape index (κ2) is 6.00. The highest BCUT2D eigenvalue weighted by Gasteiger charge is 2.20. The Labute approximate surface area is 105 Å². The van der Waals surface area contributed by atoms with E-state index in [2.05, 4.69) is 0 Å². The molecule has 18 heavy (non-hydrogen) atoms. The van der Waals surface area contributed by atoms with Crippen LogP contribution >= 0.6 is 0 Å². The van der Waals surface area contributed by atoms with Gasteiger partial charge in [-0.25, -0.2) is 4.79 Å². The quantitative estimate of drug-likeness (QED) is 0.621. The molecule has 0 aliphatic heterocycles. The minimum absolute atomic E-state index is 0.0713. The summed E-state index contributed by atoms with van der Waals surface area (Å²) >= 11 is 0. The number of hydrogen-bond acceptors (Lipinski definition) is 4. The molecular formula is C12H16N2O4. The first-order chi connectivity index (χ1) is 8.51. The number of rotatable bonds is 6. The van der Waals surface area contributed by atoms with Crippen LogP contribution < -0.4 is 4.90 Å². The molecule has 1 aromatic rings. The third-order valence-corrected chi connectivity index (χ3v) is 2.63. The Morgan fingerprint density at radius 2 is 2.11 bits per heavy atom. The fourth-order valence-electron chi connectivity index (χ4n) is 1.79. The van der Waals surface area contributed by atoms with E-state index in [-0.39, 0.29) is 11.3 Å². The van der Waals surface area contributed by atoms with Gasteiger partial charge in [0.25, 0.3) is 5.69 Å². The van der Waals surface area contributed by atoms with Crippen LogP contribution in [0.5, 0.6) is 0 Å². The molecule has 0 atom stereocenters. The predicted molar refractivity (Wildman–Crippen MR) is 68.2 cm³/mol. The minimum Gasteiger partial charge on any atom is -0.478 e. The number of benzene rings is 1. The molecule has 0 aliphatic carbocycles. The van der Waals surface area contributed by atoms with Crippen LogP contribution in [0, 0.1) is 10.1 Å². The Balaban J connectivity index is 3.26. The highest BCUT2D eigenvalue weighted by Crippen LogP contribution is 2.29. The van der Waals surface area contributed by atoms with Crippen LogP contribution in [-0.2, 0) is 0 Å². The molecule has 1 N–H and O–H groups in total. The maximum Gasteiger partial charge on any atom is 0.335 e. The molecule has 0 spiro atoms. The van der Waals surface area contributed by atoms with Gasteiger partial charge in [0.2, 0.25) is 0 Å². The average Bonchev–Trinajstić information content (AvgIpc) is 2.35. The molecule has 0 amide bonds. The highest BCUT2D eigenvalue weighted by molar-refractivity contribution is 5.89. The van der Waals surface area contributed by atoms with Gasteiger partial charge in [-0.05, 0) is 25.5 Å². The van der Waals surface area contributed by atoms with Crippen molar-refractivity contribution >= 4 is 17.3 Å². The SMILES string of the molecule is CCCN(CC)c1ccc(C(=O)O)cc1[N+](=O)[O-]. The predicted octanol–water partition coefficient (Wildman–Crippen LogP) is 2.53. The van der Waals surface area contributed by atoms with Crippen molar-refractivity contribution in [1.82, 2.24) is 0 Å². The number of nitro groups is 1. The summed E-state index contributed by atoms with van der Waals surface area (Å²) in [7, 11) is 0. The van der Waals surface area contributed by atoms with Crippen LogP contribution in [0.1, 0.15) is 30.6 Å². The molecular weight excluding hydrogens is 236 g/mol. The highest BCUT2D eigenvalue weighted by atomic mass is 16.6. The molecule has 0 bridgehead atoms. The zero-order valence-electron chi connectivity index (χ0n) is 10.4. The van der Waals surface area contributed by atoms with E-state index in [1.54, 1.807) is 0 Å². The Bertz CT molecular complexity index is 459. The van der Waals surface area contributed by atoms with E-state index in [9.17, 15) is 14.9 Å². The number of anilines is 1. The van der Waals surface area contributed by atoms with Gasteiger partial charge in [-0.15, -0.1) is 0 Å². The lowest BCUT2D eigenvalue weighted by Gasteiger charge is -2.22. The van der Waals surface area contributed by atoms with Gasteiger partial charge in [-0.3, -0.25) is 10.1 Å².